The first-order valence-electron chi connectivity index (χ1n) is 9.41. The molecule has 8 heteroatoms. The molecule has 1 N–H and O–H groups in total. The number of nitrogens with one attached hydrogen (secondary N) is 1. The Morgan fingerprint density at radius 3 is 2.71 bits per heavy atom. The second-order valence-electron chi connectivity index (χ2n) is 6.66. The molecule has 0 aliphatic rings. The molecule has 0 saturated heterocycles. The number of aryl methyl sites for hydroxylation is 3. The van der Waals surface area contributed by atoms with Crippen molar-refractivity contribution >= 4 is 34.4 Å². The summed E-state index contributed by atoms with van der Waals surface area (Å²) in [4.78, 5) is 30.1. The monoisotopic (exact) mass is 399 g/mol. The van der Waals surface area contributed by atoms with Gasteiger partial charge in [-0.25, -0.2) is 4.98 Å². The van der Waals surface area contributed by atoms with E-state index < -0.39 is 0 Å². The number of benzene rings is 1. The fourth-order valence-corrected chi connectivity index (χ4v) is 3.92. The van der Waals surface area contributed by atoms with Gasteiger partial charge in [0.1, 0.15) is 5.52 Å². The van der Waals surface area contributed by atoms with E-state index in [9.17, 15) is 9.59 Å². The van der Waals surface area contributed by atoms with Crippen LogP contribution in [0.2, 0.25) is 0 Å². The van der Waals surface area contributed by atoms with E-state index in [1.807, 2.05) is 52.0 Å². The molecule has 0 saturated carbocycles. The van der Waals surface area contributed by atoms with Crippen molar-refractivity contribution in [2.75, 3.05) is 11.1 Å². The van der Waals surface area contributed by atoms with Crippen molar-refractivity contribution in [2.45, 2.75) is 52.4 Å². The van der Waals surface area contributed by atoms with Gasteiger partial charge >= 0.3 is 0 Å². The number of fused-ring (bicyclic) bond motifs is 1. The second-order valence-corrected chi connectivity index (χ2v) is 7.60. The third-order valence-corrected chi connectivity index (χ3v) is 5.34. The van der Waals surface area contributed by atoms with E-state index in [2.05, 4.69) is 15.4 Å². The lowest BCUT2D eigenvalue weighted by Gasteiger charge is -2.12. The van der Waals surface area contributed by atoms with Gasteiger partial charge in [-0.3, -0.25) is 18.8 Å². The molecule has 0 fully saturated rings. The predicted octanol–water partition coefficient (Wildman–Crippen LogP) is 3.37. The lowest BCUT2D eigenvalue weighted by Crippen LogP contribution is -2.25. The zero-order valence-corrected chi connectivity index (χ0v) is 17.5. The second kappa shape index (κ2) is 8.60. The molecule has 0 radical (unpaired) electrons. The third-order valence-electron chi connectivity index (χ3n) is 4.36. The summed E-state index contributed by atoms with van der Waals surface area (Å²) in [5.41, 5.74) is 3.61. The number of carbonyl (C=O) groups excluding carboxylic acids is 1. The van der Waals surface area contributed by atoms with Crippen molar-refractivity contribution in [3.63, 3.8) is 0 Å². The zero-order valence-electron chi connectivity index (χ0n) is 16.7. The van der Waals surface area contributed by atoms with Gasteiger partial charge in [-0.05, 0) is 44.9 Å². The highest BCUT2D eigenvalue weighted by Gasteiger charge is 2.18. The number of nitrogens with zero attached hydrogens (tertiary/aromatic N) is 4. The Balaban J connectivity index is 1.87. The molecule has 3 rings (SSSR count). The maximum Gasteiger partial charge on any atom is 0.280 e. The van der Waals surface area contributed by atoms with Gasteiger partial charge in [0.2, 0.25) is 5.91 Å². The van der Waals surface area contributed by atoms with Gasteiger partial charge < -0.3 is 5.32 Å². The maximum atomic E-state index is 13.1. The van der Waals surface area contributed by atoms with Gasteiger partial charge in [-0.15, -0.1) is 0 Å². The van der Waals surface area contributed by atoms with Crippen LogP contribution in [-0.4, -0.2) is 31.0 Å². The van der Waals surface area contributed by atoms with Crippen LogP contribution in [0.15, 0.2) is 34.2 Å². The Morgan fingerprint density at radius 1 is 1.25 bits per heavy atom. The molecular formula is C20H25N5O2S. The lowest BCUT2D eigenvalue weighted by molar-refractivity contribution is -0.113. The maximum absolute atomic E-state index is 13.1. The predicted molar refractivity (Wildman–Crippen MR) is 113 cm³/mol. The summed E-state index contributed by atoms with van der Waals surface area (Å²) in [6, 6.07) is 7.66. The average Bonchev–Trinajstić information content (AvgIpc) is 2.98. The smallest absolute Gasteiger partial charge is 0.280 e. The van der Waals surface area contributed by atoms with Crippen molar-refractivity contribution in [3.05, 3.63) is 45.9 Å². The van der Waals surface area contributed by atoms with Crippen LogP contribution in [0.5, 0.6) is 0 Å². The van der Waals surface area contributed by atoms with E-state index in [1.54, 1.807) is 9.25 Å². The highest BCUT2D eigenvalue weighted by molar-refractivity contribution is 7.99. The van der Waals surface area contributed by atoms with Crippen molar-refractivity contribution in [1.29, 1.82) is 0 Å². The number of carbonyl (C=O) groups is 1. The first-order chi connectivity index (χ1) is 13.4. The largest absolute Gasteiger partial charge is 0.325 e. The van der Waals surface area contributed by atoms with Crippen LogP contribution >= 0.6 is 11.8 Å². The van der Waals surface area contributed by atoms with Gasteiger partial charge in [0.05, 0.1) is 11.4 Å². The molecule has 2 heterocycles. The highest BCUT2D eigenvalue weighted by Crippen LogP contribution is 2.21. The number of anilines is 1. The lowest BCUT2D eigenvalue weighted by atomic mass is 10.2. The minimum absolute atomic E-state index is 0.101. The number of aromatic nitrogens is 4. The van der Waals surface area contributed by atoms with Crippen LogP contribution in [-0.2, 0) is 17.9 Å². The van der Waals surface area contributed by atoms with E-state index in [4.69, 9.17) is 0 Å². The fraction of sp³-hybridized carbons (Fsp3) is 0.400. The van der Waals surface area contributed by atoms with Crippen LogP contribution in [0.3, 0.4) is 0 Å². The summed E-state index contributed by atoms with van der Waals surface area (Å²) in [7, 11) is 0. The number of hydrogen-bond acceptors (Lipinski definition) is 5. The van der Waals surface area contributed by atoms with Gasteiger partial charge in [-0.2, -0.15) is 5.10 Å². The van der Waals surface area contributed by atoms with E-state index in [0.717, 1.165) is 23.4 Å². The topological polar surface area (TPSA) is 81.8 Å². The number of thioether (sulfide) groups is 1. The van der Waals surface area contributed by atoms with Gasteiger partial charge in [-0.1, -0.05) is 30.8 Å². The molecule has 2 aromatic heterocycles. The van der Waals surface area contributed by atoms with Gasteiger partial charge in [0.15, 0.2) is 10.7 Å². The molecule has 0 bridgehead atoms. The molecule has 0 unspecified atom stereocenters. The van der Waals surface area contributed by atoms with Crippen molar-refractivity contribution < 1.29 is 4.79 Å². The Morgan fingerprint density at radius 2 is 2.04 bits per heavy atom. The standard InChI is InChI=1S/C20H25N5O2S/c1-5-10-24-19(27)18-17(14(4)23-25(18)6-2)22-20(24)28-12-16(26)21-15-9-7-8-13(3)11-15/h7-9,11H,5-6,10,12H2,1-4H3,(H,21,26). The van der Waals surface area contributed by atoms with E-state index in [-0.39, 0.29) is 17.2 Å². The molecule has 3 aromatic rings. The molecule has 1 amide bonds. The van der Waals surface area contributed by atoms with Crippen LogP contribution < -0.4 is 10.9 Å². The molecule has 0 atom stereocenters. The Hall–Kier alpha value is -2.61. The molecule has 0 aliphatic heterocycles. The Bertz CT molecular complexity index is 1070. The fourth-order valence-electron chi connectivity index (χ4n) is 3.10. The average molecular weight is 400 g/mol. The Labute approximate surface area is 168 Å². The van der Waals surface area contributed by atoms with Crippen LogP contribution in [0.1, 0.15) is 31.5 Å². The highest BCUT2D eigenvalue weighted by atomic mass is 32.2. The molecule has 0 spiro atoms. The van der Waals surface area contributed by atoms with Gasteiger partial charge in [0, 0.05) is 18.8 Å². The number of rotatable bonds is 7. The van der Waals surface area contributed by atoms with E-state index in [1.165, 1.54) is 11.8 Å². The third kappa shape index (κ3) is 4.11. The summed E-state index contributed by atoms with van der Waals surface area (Å²) in [6.45, 7) is 8.96. The number of amides is 1. The van der Waals surface area contributed by atoms with E-state index >= 15 is 0 Å². The summed E-state index contributed by atoms with van der Waals surface area (Å²) in [5.74, 6) is 0.0466. The van der Waals surface area contributed by atoms with Gasteiger partial charge in [0.25, 0.3) is 5.56 Å². The molecule has 1 aromatic carbocycles. The zero-order chi connectivity index (χ0) is 20.3. The first kappa shape index (κ1) is 20.1. The normalized spacial score (nSPS) is 11.1. The summed E-state index contributed by atoms with van der Waals surface area (Å²) in [6.07, 6.45) is 0.801. The minimum atomic E-state index is -0.131. The molecular weight excluding hydrogens is 374 g/mol. The van der Waals surface area contributed by atoms with Crippen LogP contribution in [0, 0.1) is 13.8 Å². The van der Waals surface area contributed by atoms with Crippen molar-refractivity contribution in [1.82, 2.24) is 19.3 Å². The molecule has 0 aliphatic carbocycles. The molecule has 7 nitrogen and oxygen atoms in total. The summed E-state index contributed by atoms with van der Waals surface area (Å²) in [5, 5.41) is 7.87. The first-order valence-corrected chi connectivity index (χ1v) is 10.4. The van der Waals surface area contributed by atoms with Crippen molar-refractivity contribution in [3.8, 4) is 0 Å². The minimum Gasteiger partial charge on any atom is -0.325 e. The summed E-state index contributed by atoms with van der Waals surface area (Å²) < 4.78 is 3.35. The quantitative estimate of drug-likeness (QED) is 0.487. The Kier molecular flexibility index (Phi) is 6.18. The number of hydrogen-bond donors (Lipinski definition) is 1. The molecule has 28 heavy (non-hydrogen) atoms. The van der Waals surface area contributed by atoms with Crippen molar-refractivity contribution in [2.24, 2.45) is 0 Å². The molecule has 148 valence electrons. The van der Waals surface area contributed by atoms with E-state index in [0.29, 0.717) is 29.3 Å². The van der Waals surface area contributed by atoms with Crippen LogP contribution in [0.4, 0.5) is 5.69 Å². The SMILES string of the molecule is CCCn1c(SCC(=O)Nc2cccc(C)c2)nc2c(C)nn(CC)c2c1=O. The summed E-state index contributed by atoms with van der Waals surface area (Å²) >= 11 is 1.28. The van der Waals surface area contributed by atoms with Crippen LogP contribution in [0.25, 0.3) is 11.0 Å².